The normalized spacial score (nSPS) is 10.4. The Bertz CT molecular complexity index is 489. The smallest absolute Gasteiger partial charge is 0.164 e. The molecular weight excluding hydrogens is 202 g/mol. The summed E-state index contributed by atoms with van der Waals surface area (Å²) in [6.45, 7) is 2.08. The molecule has 5 nitrogen and oxygen atoms in total. The molecule has 0 saturated heterocycles. The molecule has 0 bridgehead atoms. The lowest BCUT2D eigenvalue weighted by atomic mass is 10.2. The van der Waals surface area contributed by atoms with Crippen LogP contribution < -0.4 is 5.32 Å². The Balaban J connectivity index is 2.48. The lowest BCUT2D eigenvalue weighted by molar-refractivity contribution is 0.746. The minimum absolute atomic E-state index is 0.719. The summed E-state index contributed by atoms with van der Waals surface area (Å²) in [5, 5.41) is 7.38. The molecule has 0 unspecified atom stereocenters. The lowest BCUT2D eigenvalue weighted by Gasteiger charge is -2.01. The number of anilines is 1. The molecule has 16 heavy (non-hydrogen) atoms. The van der Waals surface area contributed by atoms with Crippen LogP contribution in [0.4, 0.5) is 5.82 Å². The molecule has 0 spiro atoms. The topological polar surface area (TPSA) is 55.6 Å². The van der Waals surface area contributed by atoms with Crippen molar-refractivity contribution in [3.8, 4) is 11.4 Å². The molecule has 0 aliphatic heterocycles. The van der Waals surface area contributed by atoms with E-state index in [2.05, 4.69) is 27.3 Å². The van der Waals surface area contributed by atoms with E-state index in [-0.39, 0.29) is 0 Å². The zero-order chi connectivity index (χ0) is 11.5. The number of aryl methyl sites for hydroxylation is 2. The van der Waals surface area contributed by atoms with E-state index in [0.717, 1.165) is 29.3 Å². The summed E-state index contributed by atoms with van der Waals surface area (Å²) in [5.74, 6) is 1.53. The monoisotopic (exact) mass is 217 g/mol. The van der Waals surface area contributed by atoms with Crippen LogP contribution in [0.2, 0.25) is 0 Å². The van der Waals surface area contributed by atoms with Crippen LogP contribution in [0.1, 0.15) is 12.6 Å². The average molecular weight is 217 g/mol. The first-order valence-electron chi connectivity index (χ1n) is 5.28. The van der Waals surface area contributed by atoms with Crippen molar-refractivity contribution in [2.45, 2.75) is 13.3 Å². The number of rotatable bonds is 3. The van der Waals surface area contributed by atoms with Crippen LogP contribution in [0.5, 0.6) is 0 Å². The van der Waals surface area contributed by atoms with Crippen molar-refractivity contribution in [2.75, 3.05) is 12.4 Å². The van der Waals surface area contributed by atoms with Gasteiger partial charge in [0, 0.05) is 26.5 Å². The zero-order valence-electron chi connectivity index (χ0n) is 9.73. The molecule has 5 heteroatoms. The SMILES string of the molecule is CCc1nn(C)cc1-c1nccc(NC)n1. The highest BCUT2D eigenvalue weighted by molar-refractivity contribution is 5.58. The zero-order valence-corrected chi connectivity index (χ0v) is 9.73. The van der Waals surface area contributed by atoms with Crippen molar-refractivity contribution in [1.29, 1.82) is 0 Å². The van der Waals surface area contributed by atoms with E-state index in [1.807, 2.05) is 26.4 Å². The standard InChI is InChI=1S/C11H15N5/c1-4-9-8(7-16(3)15-9)11-13-6-5-10(12-2)14-11/h5-7H,4H2,1-3H3,(H,12,13,14). The van der Waals surface area contributed by atoms with Gasteiger partial charge in [0.1, 0.15) is 5.82 Å². The highest BCUT2D eigenvalue weighted by Gasteiger charge is 2.10. The molecule has 1 N–H and O–H groups in total. The molecule has 0 fully saturated rings. The van der Waals surface area contributed by atoms with Gasteiger partial charge in [0.15, 0.2) is 5.82 Å². The molecule has 2 heterocycles. The lowest BCUT2D eigenvalue weighted by Crippen LogP contribution is -1.96. The van der Waals surface area contributed by atoms with Crippen LogP contribution in [-0.4, -0.2) is 26.8 Å². The fraction of sp³-hybridized carbons (Fsp3) is 0.364. The Morgan fingerprint density at radius 3 is 2.94 bits per heavy atom. The van der Waals surface area contributed by atoms with Crippen LogP contribution in [0.15, 0.2) is 18.5 Å². The van der Waals surface area contributed by atoms with Crippen LogP contribution in [0.3, 0.4) is 0 Å². The van der Waals surface area contributed by atoms with E-state index in [1.165, 1.54) is 0 Å². The fourth-order valence-corrected chi connectivity index (χ4v) is 1.61. The molecule has 0 aliphatic carbocycles. The second-order valence-corrected chi connectivity index (χ2v) is 3.53. The first-order valence-corrected chi connectivity index (χ1v) is 5.28. The van der Waals surface area contributed by atoms with Crippen molar-refractivity contribution in [3.63, 3.8) is 0 Å². The average Bonchev–Trinajstić information content (AvgIpc) is 2.70. The summed E-state index contributed by atoms with van der Waals surface area (Å²) in [4.78, 5) is 8.68. The highest BCUT2D eigenvalue weighted by Crippen LogP contribution is 2.20. The Morgan fingerprint density at radius 2 is 2.25 bits per heavy atom. The largest absolute Gasteiger partial charge is 0.373 e. The third kappa shape index (κ3) is 1.88. The van der Waals surface area contributed by atoms with Gasteiger partial charge in [-0.3, -0.25) is 4.68 Å². The summed E-state index contributed by atoms with van der Waals surface area (Å²) >= 11 is 0. The van der Waals surface area contributed by atoms with Crippen molar-refractivity contribution in [3.05, 3.63) is 24.2 Å². The Morgan fingerprint density at radius 1 is 1.44 bits per heavy atom. The maximum absolute atomic E-state index is 4.41. The molecule has 0 aromatic carbocycles. The molecule has 0 amide bonds. The number of aromatic nitrogens is 4. The number of hydrogen-bond acceptors (Lipinski definition) is 4. The van der Waals surface area contributed by atoms with Gasteiger partial charge in [0.05, 0.1) is 11.3 Å². The van der Waals surface area contributed by atoms with E-state index in [1.54, 1.807) is 10.9 Å². The Labute approximate surface area is 94.5 Å². The molecule has 0 saturated carbocycles. The quantitative estimate of drug-likeness (QED) is 0.846. The summed E-state index contributed by atoms with van der Waals surface area (Å²) in [6, 6.07) is 1.84. The second kappa shape index (κ2) is 4.30. The first-order chi connectivity index (χ1) is 7.74. The van der Waals surface area contributed by atoms with E-state index >= 15 is 0 Å². The molecule has 2 aromatic rings. The molecule has 0 aliphatic rings. The third-order valence-electron chi connectivity index (χ3n) is 2.39. The van der Waals surface area contributed by atoms with Gasteiger partial charge >= 0.3 is 0 Å². The van der Waals surface area contributed by atoms with Gasteiger partial charge in [-0.2, -0.15) is 5.10 Å². The maximum Gasteiger partial charge on any atom is 0.164 e. The van der Waals surface area contributed by atoms with Crippen molar-refractivity contribution < 1.29 is 0 Å². The van der Waals surface area contributed by atoms with Crippen LogP contribution in [-0.2, 0) is 13.5 Å². The number of nitrogens with zero attached hydrogens (tertiary/aromatic N) is 4. The van der Waals surface area contributed by atoms with Crippen LogP contribution in [0.25, 0.3) is 11.4 Å². The predicted octanol–water partition coefficient (Wildman–Crippen LogP) is 1.48. The summed E-state index contributed by atoms with van der Waals surface area (Å²) in [7, 11) is 3.75. The first kappa shape index (κ1) is 10.6. The minimum Gasteiger partial charge on any atom is -0.373 e. The Hall–Kier alpha value is -1.91. The van der Waals surface area contributed by atoms with Crippen LogP contribution in [0, 0.1) is 0 Å². The number of hydrogen-bond donors (Lipinski definition) is 1. The van der Waals surface area contributed by atoms with Gasteiger partial charge < -0.3 is 5.32 Å². The van der Waals surface area contributed by atoms with Crippen molar-refractivity contribution >= 4 is 5.82 Å². The molecule has 0 radical (unpaired) electrons. The second-order valence-electron chi connectivity index (χ2n) is 3.53. The van der Waals surface area contributed by atoms with E-state index in [9.17, 15) is 0 Å². The van der Waals surface area contributed by atoms with Gasteiger partial charge in [-0.15, -0.1) is 0 Å². The van der Waals surface area contributed by atoms with Crippen LogP contribution >= 0.6 is 0 Å². The summed E-state index contributed by atoms with van der Waals surface area (Å²) in [6.07, 6.45) is 4.58. The van der Waals surface area contributed by atoms with E-state index < -0.39 is 0 Å². The van der Waals surface area contributed by atoms with Gasteiger partial charge in [-0.25, -0.2) is 9.97 Å². The van der Waals surface area contributed by atoms with Crippen molar-refractivity contribution in [1.82, 2.24) is 19.7 Å². The molecule has 2 aromatic heterocycles. The van der Waals surface area contributed by atoms with Crippen molar-refractivity contribution in [2.24, 2.45) is 7.05 Å². The summed E-state index contributed by atoms with van der Waals surface area (Å²) in [5.41, 5.74) is 2.03. The van der Waals surface area contributed by atoms with E-state index in [0.29, 0.717) is 0 Å². The molecular formula is C11H15N5. The van der Waals surface area contributed by atoms with Gasteiger partial charge in [0.2, 0.25) is 0 Å². The van der Waals surface area contributed by atoms with Gasteiger partial charge in [-0.05, 0) is 12.5 Å². The van der Waals surface area contributed by atoms with Gasteiger partial charge in [0.25, 0.3) is 0 Å². The Kier molecular flexibility index (Phi) is 2.85. The van der Waals surface area contributed by atoms with E-state index in [4.69, 9.17) is 0 Å². The fourth-order valence-electron chi connectivity index (χ4n) is 1.61. The third-order valence-corrected chi connectivity index (χ3v) is 2.39. The number of nitrogens with one attached hydrogen (secondary N) is 1. The minimum atomic E-state index is 0.719. The summed E-state index contributed by atoms with van der Waals surface area (Å²) < 4.78 is 1.80. The molecule has 84 valence electrons. The highest BCUT2D eigenvalue weighted by atomic mass is 15.3. The predicted molar refractivity (Wildman–Crippen MR) is 63.2 cm³/mol. The molecule has 2 rings (SSSR count). The molecule has 0 atom stereocenters. The maximum atomic E-state index is 4.41. The van der Waals surface area contributed by atoms with Gasteiger partial charge in [-0.1, -0.05) is 6.92 Å².